The minimum atomic E-state index is -4.12. The highest BCUT2D eigenvalue weighted by Gasteiger charge is 2.46. The van der Waals surface area contributed by atoms with Gasteiger partial charge in [-0.1, -0.05) is 6.42 Å². The molecule has 1 aliphatic carbocycles. The maximum atomic E-state index is 12.8. The molecule has 1 aliphatic rings. The summed E-state index contributed by atoms with van der Waals surface area (Å²) in [5.74, 6) is -1.25. The average Bonchev–Trinajstić information content (AvgIpc) is 2.62. The van der Waals surface area contributed by atoms with E-state index in [1.165, 1.54) is 11.3 Å². The van der Waals surface area contributed by atoms with E-state index >= 15 is 0 Å². The third-order valence-electron chi connectivity index (χ3n) is 3.54. The number of hydrogen-bond acceptors (Lipinski definition) is 3. The number of hydrogen-bond donors (Lipinski definition) is 1. The Morgan fingerprint density at radius 1 is 1.56 bits per heavy atom. The summed E-state index contributed by atoms with van der Waals surface area (Å²) in [4.78, 5) is 4.29. The monoisotopic (exact) mass is 278 g/mol. The van der Waals surface area contributed by atoms with E-state index in [0.29, 0.717) is 19.3 Å². The van der Waals surface area contributed by atoms with Gasteiger partial charge < -0.3 is 5.73 Å². The molecule has 0 aromatic carbocycles. The standard InChI is InChI=1S/C12H17F3N2S/c1-8-17-10(7-18-8)6-11(16)4-2-3-9(5-11)12(13,14)15/h7,9H,2-6,16H2,1H3. The number of halogens is 3. The number of nitrogens with zero attached hydrogens (tertiary/aromatic N) is 1. The molecule has 1 saturated carbocycles. The number of nitrogens with two attached hydrogens (primary N) is 1. The fraction of sp³-hybridized carbons (Fsp3) is 0.750. The lowest BCUT2D eigenvalue weighted by atomic mass is 9.74. The van der Waals surface area contributed by atoms with E-state index in [1.54, 1.807) is 0 Å². The SMILES string of the molecule is Cc1nc(CC2(N)CCCC(C(F)(F)F)C2)cs1. The zero-order valence-electron chi connectivity index (χ0n) is 10.3. The minimum absolute atomic E-state index is 0.0209. The van der Waals surface area contributed by atoms with Crippen molar-refractivity contribution < 1.29 is 13.2 Å². The predicted octanol–water partition coefficient (Wildman–Crippen LogP) is 3.44. The van der Waals surface area contributed by atoms with E-state index in [2.05, 4.69) is 4.98 Å². The smallest absolute Gasteiger partial charge is 0.325 e. The lowest BCUT2D eigenvalue weighted by molar-refractivity contribution is -0.187. The molecule has 2 nitrogen and oxygen atoms in total. The molecule has 0 radical (unpaired) electrons. The second kappa shape index (κ2) is 4.81. The van der Waals surface area contributed by atoms with E-state index in [0.717, 1.165) is 10.7 Å². The largest absolute Gasteiger partial charge is 0.391 e. The molecule has 1 aromatic rings. The summed E-state index contributed by atoms with van der Waals surface area (Å²) < 4.78 is 38.3. The zero-order valence-corrected chi connectivity index (χ0v) is 11.1. The Kier molecular flexibility index (Phi) is 3.69. The molecule has 18 heavy (non-hydrogen) atoms. The molecule has 1 heterocycles. The average molecular weight is 278 g/mol. The molecule has 2 atom stereocenters. The van der Waals surface area contributed by atoms with Crippen LogP contribution in [0.15, 0.2) is 5.38 Å². The van der Waals surface area contributed by atoms with Gasteiger partial charge in [0.15, 0.2) is 0 Å². The fourth-order valence-corrected chi connectivity index (χ4v) is 3.30. The first-order valence-electron chi connectivity index (χ1n) is 6.05. The normalized spacial score (nSPS) is 29.5. The van der Waals surface area contributed by atoms with E-state index in [-0.39, 0.29) is 12.8 Å². The molecule has 0 bridgehead atoms. The second-order valence-electron chi connectivity index (χ2n) is 5.23. The van der Waals surface area contributed by atoms with Crippen LogP contribution in [0.25, 0.3) is 0 Å². The van der Waals surface area contributed by atoms with Gasteiger partial charge in [-0.15, -0.1) is 11.3 Å². The first kappa shape index (κ1) is 13.8. The summed E-state index contributed by atoms with van der Waals surface area (Å²) in [6, 6.07) is 0. The second-order valence-corrected chi connectivity index (χ2v) is 6.29. The first-order valence-corrected chi connectivity index (χ1v) is 6.93. The Bertz CT molecular complexity index is 416. The van der Waals surface area contributed by atoms with Crippen LogP contribution in [0.3, 0.4) is 0 Å². The van der Waals surface area contributed by atoms with Crippen LogP contribution in [0, 0.1) is 12.8 Å². The maximum absolute atomic E-state index is 12.8. The van der Waals surface area contributed by atoms with Gasteiger partial charge in [0.25, 0.3) is 0 Å². The van der Waals surface area contributed by atoms with Crippen LogP contribution >= 0.6 is 11.3 Å². The van der Waals surface area contributed by atoms with Crippen LogP contribution in [-0.2, 0) is 6.42 Å². The Morgan fingerprint density at radius 2 is 2.28 bits per heavy atom. The lowest BCUT2D eigenvalue weighted by Crippen LogP contribution is -2.49. The molecule has 0 amide bonds. The number of thiazole rings is 1. The van der Waals surface area contributed by atoms with Crippen molar-refractivity contribution in [3.05, 3.63) is 16.1 Å². The van der Waals surface area contributed by atoms with Crippen LogP contribution in [0.4, 0.5) is 13.2 Å². The van der Waals surface area contributed by atoms with Gasteiger partial charge in [-0.2, -0.15) is 13.2 Å². The highest BCUT2D eigenvalue weighted by molar-refractivity contribution is 7.09. The van der Waals surface area contributed by atoms with E-state index < -0.39 is 17.6 Å². The lowest BCUT2D eigenvalue weighted by Gasteiger charge is -2.38. The van der Waals surface area contributed by atoms with Gasteiger partial charge >= 0.3 is 6.18 Å². The summed E-state index contributed by atoms with van der Waals surface area (Å²) in [5.41, 5.74) is 6.22. The van der Waals surface area contributed by atoms with Gasteiger partial charge in [0.1, 0.15) is 0 Å². The van der Waals surface area contributed by atoms with Gasteiger partial charge in [0.2, 0.25) is 0 Å². The molecule has 102 valence electrons. The summed E-state index contributed by atoms with van der Waals surface area (Å²) in [7, 11) is 0. The van der Waals surface area contributed by atoms with Gasteiger partial charge in [-0.05, 0) is 26.2 Å². The number of rotatable bonds is 2. The summed E-state index contributed by atoms with van der Waals surface area (Å²) in [5, 5.41) is 2.82. The van der Waals surface area contributed by atoms with Gasteiger partial charge in [-0.3, -0.25) is 0 Å². The predicted molar refractivity (Wildman–Crippen MR) is 65.5 cm³/mol. The molecular weight excluding hydrogens is 261 g/mol. The Labute approximate surface area is 108 Å². The van der Waals surface area contributed by atoms with Crippen molar-refractivity contribution in [3.63, 3.8) is 0 Å². The van der Waals surface area contributed by atoms with Crippen molar-refractivity contribution in [2.45, 2.75) is 50.7 Å². The molecule has 1 fully saturated rings. The van der Waals surface area contributed by atoms with E-state index in [1.807, 2.05) is 12.3 Å². The van der Waals surface area contributed by atoms with Crippen LogP contribution in [0.1, 0.15) is 36.4 Å². The maximum Gasteiger partial charge on any atom is 0.391 e. The Morgan fingerprint density at radius 3 is 2.83 bits per heavy atom. The van der Waals surface area contributed by atoms with Gasteiger partial charge in [-0.25, -0.2) is 4.98 Å². The van der Waals surface area contributed by atoms with E-state index in [4.69, 9.17) is 5.73 Å². The van der Waals surface area contributed by atoms with Crippen molar-refractivity contribution in [2.24, 2.45) is 11.7 Å². The summed E-state index contributed by atoms with van der Waals surface area (Å²) in [6.45, 7) is 1.89. The molecule has 2 N–H and O–H groups in total. The summed E-state index contributed by atoms with van der Waals surface area (Å²) in [6.07, 6.45) is -2.25. The molecular formula is C12H17F3N2S. The van der Waals surface area contributed by atoms with Crippen molar-refractivity contribution >= 4 is 11.3 Å². The van der Waals surface area contributed by atoms with Crippen LogP contribution in [0.2, 0.25) is 0 Å². The van der Waals surface area contributed by atoms with Crippen molar-refractivity contribution in [1.29, 1.82) is 0 Å². The highest BCUT2D eigenvalue weighted by Crippen LogP contribution is 2.41. The number of alkyl halides is 3. The molecule has 2 rings (SSSR count). The topological polar surface area (TPSA) is 38.9 Å². The van der Waals surface area contributed by atoms with E-state index in [9.17, 15) is 13.2 Å². The fourth-order valence-electron chi connectivity index (χ4n) is 2.69. The van der Waals surface area contributed by atoms with Gasteiger partial charge in [0.05, 0.1) is 16.6 Å². The number of aromatic nitrogens is 1. The zero-order chi connectivity index (χ0) is 13.4. The van der Waals surface area contributed by atoms with Gasteiger partial charge in [0, 0.05) is 17.3 Å². The Balaban J connectivity index is 2.06. The third kappa shape index (κ3) is 3.23. The number of aryl methyl sites for hydroxylation is 1. The van der Waals surface area contributed by atoms with Crippen LogP contribution in [0.5, 0.6) is 0 Å². The summed E-state index contributed by atoms with van der Waals surface area (Å²) >= 11 is 1.51. The highest BCUT2D eigenvalue weighted by atomic mass is 32.1. The van der Waals surface area contributed by atoms with Crippen molar-refractivity contribution in [3.8, 4) is 0 Å². The van der Waals surface area contributed by atoms with Crippen LogP contribution < -0.4 is 5.73 Å². The molecule has 0 aliphatic heterocycles. The van der Waals surface area contributed by atoms with Crippen molar-refractivity contribution in [1.82, 2.24) is 4.98 Å². The third-order valence-corrected chi connectivity index (χ3v) is 4.37. The molecule has 2 unspecified atom stereocenters. The minimum Gasteiger partial charge on any atom is -0.325 e. The molecule has 0 spiro atoms. The molecule has 0 saturated heterocycles. The van der Waals surface area contributed by atoms with Crippen LogP contribution in [-0.4, -0.2) is 16.7 Å². The quantitative estimate of drug-likeness (QED) is 0.900. The first-order chi connectivity index (χ1) is 8.28. The Hall–Kier alpha value is -0.620. The van der Waals surface area contributed by atoms with Crippen molar-refractivity contribution in [2.75, 3.05) is 0 Å². The molecule has 1 aromatic heterocycles. The molecule has 6 heteroatoms.